The van der Waals surface area contributed by atoms with Crippen molar-refractivity contribution < 1.29 is 9.53 Å². The third-order valence-corrected chi connectivity index (χ3v) is 4.51. The standard InChI is InChI=1S/C21H16ClNO2S/c1-15(25-19-10-8-17(22)9-11-19)21(24)23-18-5-2-4-16(14-18)7-12-20-6-3-13-26-20/h2-6,8-11,13-15H,1H3,(H,23,24). The molecule has 1 heterocycles. The fourth-order valence-corrected chi connectivity index (χ4v) is 2.87. The molecule has 0 aliphatic rings. The van der Waals surface area contributed by atoms with Gasteiger partial charge in [0, 0.05) is 16.3 Å². The maximum Gasteiger partial charge on any atom is 0.265 e. The molecule has 1 amide bonds. The molecule has 0 radical (unpaired) electrons. The highest BCUT2D eigenvalue weighted by molar-refractivity contribution is 7.10. The Balaban J connectivity index is 1.63. The number of thiophene rings is 1. The van der Waals surface area contributed by atoms with Crippen molar-refractivity contribution in [3.8, 4) is 17.6 Å². The molecule has 0 saturated heterocycles. The van der Waals surface area contributed by atoms with Crippen molar-refractivity contribution in [1.29, 1.82) is 0 Å². The summed E-state index contributed by atoms with van der Waals surface area (Å²) in [5.74, 6) is 6.56. The molecule has 5 heteroatoms. The molecule has 1 unspecified atom stereocenters. The van der Waals surface area contributed by atoms with E-state index < -0.39 is 6.10 Å². The number of halogens is 1. The monoisotopic (exact) mass is 381 g/mol. The Morgan fingerprint density at radius 2 is 1.92 bits per heavy atom. The van der Waals surface area contributed by atoms with Gasteiger partial charge < -0.3 is 10.1 Å². The van der Waals surface area contributed by atoms with Crippen LogP contribution >= 0.6 is 22.9 Å². The Bertz CT molecular complexity index is 940. The van der Waals surface area contributed by atoms with E-state index in [-0.39, 0.29) is 5.91 Å². The van der Waals surface area contributed by atoms with Crippen molar-refractivity contribution in [2.24, 2.45) is 0 Å². The lowest BCUT2D eigenvalue weighted by molar-refractivity contribution is -0.122. The molecule has 1 N–H and O–H groups in total. The molecule has 3 aromatic rings. The third kappa shape index (κ3) is 5.13. The summed E-state index contributed by atoms with van der Waals surface area (Å²) < 4.78 is 5.63. The van der Waals surface area contributed by atoms with Crippen LogP contribution in [0.4, 0.5) is 5.69 Å². The SMILES string of the molecule is CC(Oc1ccc(Cl)cc1)C(=O)Nc1cccc(C#Cc2cccs2)c1. The summed E-state index contributed by atoms with van der Waals surface area (Å²) in [7, 11) is 0. The third-order valence-electron chi connectivity index (χ3n) is 3.48. The van der Waals surface area contributed by atoms with Gasteiger partial charge in [0.1, 0.15) is 5.75 Å². The van der Waals surface area contributed by atoms with E-state index in [1.807, 2.05) is 41.8 Å². The minimum Gasteiger partial charge on any atom is -0.481 e. The van der Waals surface area contributed by atoms with Gasteiger partial charge >= 0.3 is 0 Å². The molecule has 1 aromatic heterocycles. The molecule has 0 bridgehead atoms. The topological polar surface area (TPSA) is 38.3 Å². The van der Waals surface area contributed by atoms with E-state index in [1.165, 1.54) is 0 Å². The second-order valence-electron chi connectivity index (χ2n) is 5.51. The summed E-state index contributed by atoms with van der Waals surface area (Å²) in [4.78, 5) is 13.3. The van der Waals surface area contributed by atoms with Gasteiger partial charge in [0.15, 0.2) is 6.10 Å². The minimum absolute atomic E-state index is 0.233. The number of hydrogen-bond acceptors (Lipinski definition) is 3. The zero-order valence-corrected chi connectivity index (χ0v) is 15.6. The van der Waals surface area contributed by atoms with E-state index in [1.54, 1.807) is 42.5 Å². The maximum atomic E-state index is 12.3. The largest absolute Gasteiger partial charge is 0.481 e. The molecule has 3 rings (SSSR count). The number of benzene rings is 2. The van der Waals surface area contributed by atoms with Gasteiger partial charge in [0.05, 0.1) is 4.88 Å². The normalized spacial score (nSPS) is 11.2. The summed E-state index contributed by atoms with van der Waals surface area (Å²) in [6, 6.07) is 18.3. The van der Waals surface area contributed by atoms with E-state index in [0.29, 0.717) is 16.5 Å². The number of ether oxygens (including phenoxy) is 1. The summed E-state index contributed by atoms with van der Waals surface area (Å²) in [5, 5.41) is 5.46. The molecule has 130 valence electrons. The molecule has 26 heavy (non-hydrogen) atoms. The molecular formula is C21H16ClNO2S. The van der Waals surface area contributed by atoms with Crippen molar-refractivity contribution in [2.75, 3.05) is 5.32 Å². The average molecular weight is 382 g/mol. The first-order valence-electron chi connectivity index (χ1n) is 7.99. The van der Waals surface area contributed by atoms with Gasteiger partial charge in [-0.05, 0) is 60.8 Å². The molecule has 3 nitrogen and oxygen atoms in total. The van der Waals surface area contributed by atoms with Crippen LogP contribution in [-0.4, -0.2) is 12.0 Å². The Hall–Kier alpha value is -2.74. The van der Waals surface area contributed by atoms with Crippen LogP contribution < -0.4 is 10.1 Å². The minimum atomic E-state index is -0.642. The number of amides is 1. The predicted octanol–water partition coefficient (Wildman–Crippen LogP) is 5.21. The lowest BCUT2D eigenvalue weighted by Gasteiger charge is -2.15. The van der Waals surface area contributed by atoms with Crippen LogP contribution in [0.5, 0.6) is 5.75 Å². The highest BCUT2D eigenvalue weighted by Gasteiger charge is 2.15. The van der Waals surface area contributed by atoms with Crippen LogP contribution in [0.25, 0.3) is 0 Å². The number of anilines is 1. The molecular weight excluding hydrogens is 366 g/mol. The van der Waals surface area contributed by atoms with Gasteiger partial charge in [-0.25, -0.2) is 0 Å². The first-order valence-corrected chi connectivity index (χ1v) is 9.24. The Labute approximate surface area is 161 Å². The molecule has 0 aliphatic carbocycles. The van der Waals surface area contributed by atoms with E-state index in [0.717, 1.165) is 10.4 Å². The Morgan fingerprint density at radius 1 is 1.12 bits per heavy atom. The number of carbonyl (C=O) groups is 1. The van der Waals surface area contributed by atoms with E-state index >= 15 is 0 Å². The second-order valence-corrected chi connectivity index (χ2v) is 6.90. The molecule has 0 aliphatic heterocycles. The number of carbonyl (C=O) groups excluding carboxylic acids is 1. The molecule has 1 atom stereocenters. The van der Waals surface area contributed by atoms with Crippen molar-refractivity contribution >= 4 is 34.5 Å². The second kappa shape index (κ2) is 8.57. The van der Waals surface area contributed by atoms with Gasteiger partial charge in [-0.3, -0.25) is 4.79 Å². The van der Waals surface area contributed by atoms with Crippen molar-refractivity contribution in [3.63, 3.8) is 0 Å². The van der Waals surface area contributed by atoms with Crippen LogP contribution in [-0.2, 0) is 4.79 Å². The van der Waals surface area contributed by atoms with Gasteiger partial charge in [-0.15, -0.1) is 11.3 Å². The Morgan fingerprint density at radius 3 is 2.65 bits per heavy atom. The summed E-state index contributed by atoms with van der Waals surface area (Å²) in [5.41, 5.74) is 1.52. The molecule has 0 spiro atoms. The smallest absolute Gasteiger partial charge is 0.265 e. The van der Waals surface area contributed by atoms with Crippen LogP contribution in [0.15, 0.2) is 66.0 Å². The first-order chi connectivity index (χ1) is 12.6. The lowest BCUT2D eigenvalue weighted by atomic mass is 10.2. The zero-order valence-electron chi connectivity index (χ0n) is 14.0. The molecule has 0 saturated carbocycles. The van der Waals surface area contributed by atoms with E-state index in [2.05, 4.69) is 17.2 Å². The van der Waals surface area contributed by atoms with Crippen LogP contribution in [0.2, 0.25) is 5.02 Å². The van der Waals surface area contributed by atoms with E-state index in [9.17, 15) is 4.79 Å². The Kier molecular flexibility index (Phi) is 5.96. The average Bonchev–Trinajstić information content (AvgIpc) is 3.16. The quantitative estimate of drug-likeness (QED) is 0.630. The molecule has 0 fully saturated rings. The van der Waals surface area contributed by atoms with Gasteiger partial charge in [-0.1, -0.05) is 35.6 Å². The fourth-order valence-electron chi connectivity index (χ4n) is 2.17. The van der Waals surface area contributed by atoms with Crippen molar-refractivity contribution in [2.45, 2.75) is 13.0 Å². The highest BCUT2D eigenvalue weighted by Crippen LogP contribution is 2.18. The fraction of sp³-hybridized carbons (Fsp3) is 0.0952. The highest BCUT2D eigenvalue weighted by atomic mass is 35.5. The van der Waals surface area contributed by atoms with Gasteiger partial charge in [0.2, 0.25) is 0 Å². The zero-order chi connectivity index (χ0) is 18.4. The predicted molar refractivity (Wildman–Crippen MR) is 107 cm³/mol. The lowest BCUT2D eigenvalue weighted by Crippen LogP contribution is -2.30. The first kappa shape index (κ1) is 18.1. The van der Waals surface area contributed by atoms with Crippen molar-refractivity contribution in [1.82, 2.24) is 0 Å². The van der Waals surface area contributed by atoms with Crippen LogP contribution in [0.3, 0.4) is 0 Å². The number of nitrogens with one attached hydrogen (secondary N) is 1. The van der Waals surface area contributed by atoms with Gasteiger partial charge in [0.25, 0.3) is 5.91 Å². The van der Waals surface area contributed by atoms with E-state index in [4.69, 9.17) is 16.3 Å². The summed E-state index contributed by atoms with van der Waals surface area (Å²) >= 11 is 7.44. The van der Waals surface area contributed by atoms with Gasteiger partial charge in [-0.2, -0.15) is 0 Å². The molecule has 2 aromatic carbocycles. The van der Waals surface area contributed by atoms with Crippen LogP contribution in [0, 0.1) is 11.8 Å². The van der Waals surface area contributed by atoms with Crippen molar-refractivity contribution in [3.05, 3.63) is 81.5 Å². The number of hydrogen-bond donors (Lipinski definition) is 1. The summed E-state index contributed by atoms with van der Waals surface area (Å²) in [6.45, 7) is 1.70. The number of rotatable bonds is 4. The maximum absolute atomic E-state index is 12.3. The van der Waals surface area contributed by atoms with Crippen LogP contribution in [0.1, 0.15) is 17.4 Å². The summed E-state index contributed by atoms with van der Waals surface area (Å²) in [6.07, 6.45) is -0.642.